The summed E-state index contributed by atoms with van der Waals surface area (Å²) in [6, 6.07) is 25.3. The molecule has 0 saturated carbocycles. The number of halogens is 1. The topological polar surface area (TPSA) is 88.6 Å². The van der Waals surface area contributed by atoms with E-state index in [0.717, 1.165) is 65.3 Å². The van der Waals surface area contributed by atoms with Crippen LogP contribution in [0.1, 0.15) is 21.5 Å². The summed E-state index contributed by atoms with van der Waals surface area (Å²) < 4.78 is 10.9. The van der Waals surface area contributed by atoms with E-state index in [1.807, 2.05) is 60.7 Å². The third-order valence-electron chi connectivity index (χ3n) is 7.73. The van der Waals surface area contributed by atoms with Gasteiger partial charge < -0.3 is 20.1 Å². The Morgan fingerprint density at radius 2 is 1.60 bits per heavy atom. The number of carbonyl (C=O) groups excluding carboxylic acids is 1. The zero-order chi connectivity index (χ0) is 29.8. The van der Waals surface area contributed by atoms with Gasteiger partial charge in [-0.1, -0.05) is 29.8 Å². The third-order valence-corrected chi connectivity index (χ3v) is 7.99. The number of nitrogens with zero attached hydrogens (tertiary/aromatic N) is 3. The molecule has 0 atom stereocenters. The summed E-state index contributed by atoms with van der Waals surface area (Å²) in [5.41, 5.74) is 6.87. The molecule has 1 amide bonds. The molecule has 2 heterocycles. The molecule has 6 rings (SSSR count). The number of rotatable bonds is 9. The van der Waals surface area contributed by atoms with E-state index in [2.05, 4.69) is 43.7 Å². The maximum absolute atomic E-state index is 12.9. The first kappa shape index (κ1) is 28.5. The van der Waals surface area contributed by atoms with E-state index in [4.69, 9.17) is 21.1 Å². The first-order chi connectivity index (χ1) is 21.0. The SMILES string of the molecule is COc1cc2c(cc1OC)CN(CCNC(=O)c1ccc(-c3ccc4ncnc(Nc5ccc(Cl)cc5)c4c3)cc1)CC2. The van der Waals surface area contributed by atoms with Gasteiger partial charge in [-0.05, 0) is 89.3 Å². The van der Waals surface area contributed by atoms with Gasteiger partial charge in [0, 0.05) is 47.8 Å². The molecule has 0 spiro atoms. The monoisotopic (exact) mass is 593 g/mol. The van der Waals surface area contributed by atoms with Gasteiger partial charge in [-0.25, -0.2) is 9.97 Å². The van der Waals surface area contributed by atoms with E-state index >= 15 is 0 Å². The Balaban J connectivity index is 1.08. The first-order valence-corrected chi connectivity index (χ1v) is 14.5. The zero-order valence-corrected chi connectivity index (χ0v) is 24.8. The van der Waals surface area contributed by atoms with E-state index in [1.165, 1.54) is 11.1 Å². The average Bonchev–Trinajstić information content (AvgIpc) is 3.05. The van der Waals surface area contributed by atoms with Crippen molar-refractivity contribution in [2.45, 2.75) is 13.0 Å². The van der Waals surface area contributed by atoms with E-state index in [1.54, 1.807) is 20.5 Å². The zero-order valence-electron chi connectivity index (χ0n) is 24.1. The summed E-state index contributed by atoms with van der Waals surface area (Å²) in [6.07, 6.45) is 2.48. The first-order valence-electron chi connectivity index (χ1n) is 14.1. The highest BCUT2D eigenvalue weighted by Gasteiger charge is 2.19. The highest BCUT2D eigenvalue weighted by molar-refractivity contribution is 6.30. The third kappa shape index (κ3) is 6.40. The lowest BCUT2D eigenvalue weighted by molar-refractivity contribution is 0.0947. The van der Waals surface area contributed by atoms with Crippen LogP contribution in [-0.2, 0) is 13.0 Å². The van der Waals surface area contributed by atoms with E-state index in [9.17, 15) is 4.79 Å². The molecule has 1 aromatic heterocycles. The predicted molar refractivity (Wildman–Crippen MR) is 171 cm³/mol. The predicted octanol–water partition coefficient (Wildman–Crippen LogP) is 6.50. The summed E-state index contributed by atoms with van der Waals surface area (Å²) in [5, 5.41) is 8.00. The number of hydrogen-bond donors (Lipinski definition) is 2. The van der Waals surface area contributed by atoms with Gasteiger partial charge in [-0.3, -0.25) is 9.69 Å². The Hall–Kier alpha value is -4.66. The van der Waals surface area contributed by atoms with E-state index < -0.39 is 0 Å². The molecule has 0 bridgehead atoms. The van der Waals surface area contributed by atoms with Gasteiger partial charge in [0.25, 0.3) is 5.91 Å². The molecule has 0 unspecified atom stereocenters. The van der Waals surface area contributed by atoms with Crippen LogP contribution in [0, 0.1) is 0 Å². The summed E-state index contributed by atoms with van der Waals surface area (Å²) in [7, 11) is 3.31. The normalized spacial score (nSPS) is 12.9. The fourth-order valence-electron chi connectivity index (χ4n) is 5.38. The number of ether oxygens (including phenoxy) is 2. The summed E-state index contributed by atoms with van der Waals surface area (Å²) >= 11 is 6.03. The molecule has 1 aliphatic rings. The van der Waals surface area contributed by atoms with Gasteiger partial charge in [-0.2, -0.15) is 0 Å². The smallest absolute Gasteiger partial charge is 0.251 e. The van der Waals surface area contributed by atoms with Crippen LogP contribution in [0.4, 0.5) is 11.5 Å². The number of methoxy groups -OCH3 is 2. The minimum Gasteiger partial charge on any atom is -0.493 e. The van der Waals surface area contributed by atoms with Crippen molar-refractivity contribution in [3.05, 3.63) is 107 Å². The van der Waals surface area contributed by atoms with Crippen LogP contribution in [0.3, 0.4) is 0 Å². The van der Waals surface area contributed by atoms with Crippen molar-refractivity contribution in [1.29, 1.82) is 0 Å². The van der Waals surface area contributed by atoms with Gasteiger partial charge in [0.05, 0.1) is 19.7 Å². The molecule has 43 heavy (non-hydrogen) atoms. The maximum atomic E-state index is 12.9. The quantitative estimate of drug-likeness (QED) is 0.202. The molecule has 4 aromatic carbocycles. The summed E-state index contributed by atoms with van der Waals surface area (Å²) in [5.74, 6) is 2.13. The van der Waals surface area contributed by atoms with Gasteiger partial charge in [0.15, 0.2) is 11.5 Å². The van der Waals surface area contributed by atoms with Crippen LogP contribution in [0.25, 0.3) is 22.0 Å². The van der Waals surface area contributed by atoms with Gasteiger partial charge in [-0.15, -0.1) is 0 Å². The van der Waals surface area contributed by atoms with Gasteiger partial charge >= 0.3 is 0 Å². The van der Waals surface area contributed by atoms with Crippen molar-refractivity contribution < 1.29 is 14.3 Å². The molecule has 218 valence electrons. The number of aromatic nitrogens is 2. The molecule has 8 nitrogen and oxygen atoms in total. The molecular weight excluding hydrogens is 562 g/mol. The number of amides is 1. The minimum absolute atomic E-state index is 0.0864. The molecule has 0 radical (unpaired) electrons. The fourth-order valence-corrected chi connectivity index (χ4v) is 5.51. The van der Waals surface area contributed by atoms with Crippen molar-refractivity contribution in [3.8, 4) is 22.6 Å². The summed E-state index contributed by atoms with van der Waals surface area (Å²) in [6.45, 7) is 3.08. The minimum atomic E-state index is -0.0864. The van der Waals surface area contributed by atoms with Crippen LogP contribution in [0.15, 0.2) is 85.2 Å². The standard InChI is InChI=1S/C34H32ClN5O3/c1-42-31-18-25-13-15-40(20-26(25)19-32(31)43-2)16-14-36-34(41)23-5-3-22(4-6-23)24-7-12-30-29(17-24)33(38-21-37-30)39-28-10-8-27(35)9-11-28/h3-12,17-19,21H,13-16,20H2,1-2H3,(H,36,41)(H,37,38,39). The fraction of sp³-hybridized carbons (Fsp3) is 0.206. The van der Waals surface area contributed by atoms with Crippen molar-refractivity contribution in [2.75, 3.05) is 39.2 Å². The van der Waals surface area contributed by atoms with Crippen molar-refractivity contribution in [1.82, 2.24) is 20.2 Å². The second kappa shape index (κ2) is 12.7. The Bertz CT molecular complexity index is 1760. The van der Waals surface area contributed by atoms with Gasteiger partial charge in [0.1, 0.15) is 12.1 Å². The summed E-state index contributed by atoms with van der Waals surface area (Å²) in [4.78, 5) is 24.1. The highest BCUT2D eigenvalue weighted by Crippen LogP contribution is 2.33. The molecule has 0 saturated heterocycles. The lowest BCUT2D eigenvalue weighted by Crippen LogP contribution is -2.37. The molecule has 0 fully saturated rings. The molecule has 2 N–H and O–H groups in total. The lowest BCUT2D eigenvalue weighted by Gasteiger charge is -2.29. The molecule has 0 aliphatic carbocycles. The lowest BCUT2D eigenvalue weighted by atomic mass is 9.99. The number of anilines is 2. The molecule has 9 heteroatoms. The number of carbonyl (C=O) groups is 1. The number of benzene rings is 4. The largest absolute Gasteiger partial charge is 0.493 e. The van der Waals surface area contributed by atoms with Crippen LogP contribution in [0.2, 0.25) is 5.02 Å². The molecule has 1 aliphatic heterocycles. The van der Waals surface area contributed by atoms with Crippen LogP contribution in [0.5, 0.6) is 11.5 Å². The Morgan fingerprint density at radius 3 is 2.35 bits per heavy atom. The maximum Gasteiger partial charge on any atom is 0.251 e. The second-order valence-electron chi connectivity index (χ2n) is 10.4. The Kier molecular flexibility index (Phi) is 8.40. The second-order valence-corrected chi connectivity index (χ2v) is 10.9. The van der Waals surface area contributed by atoms with Crippen LogP contribution in [-0.4, -0.2) is 54.6 Å². The van der Waals surface area contributed by atoms with Crippen molar-refractivity contribution in [2.24, 2.45) is 0 Å². The highest BCUT2D eigenvalue weighted by atomic mass is 35.5. The molecule has 5 aromatic rings. The Morgan fingerprint density at radius 1 is 0.884 bits per heavy atom. The van der Waals surface area contributed by atoms with E-state index in [0.29, 0.717) is 22.9 Å². The van der Waals surface area contributed by atoms with E-state index in [-0.39, 0.29) is 5.91 Å². The number of nitrogens with one attached hydrogen (secondary N) is 2. The number of hydrogen-bond acceptors (Lipinski definition) is 7. The van der Waals surface area contributed by atoms with Crippen LogP contribution < -0.4 is 20.1 Å². The molecular formula is C34H32ClN5O3. The van der Waals surface area contributed by atoms with Crippen molar-refractivity contribution >= 4 is 39.9 Å². The number of fused-ring (bicyclic) bond motifs is 2. The van der Waals surface area contributed by atoms with Crippen LogP contribution >= 0.6 is 11.6 Å². The Labute approximate surface area is 255 Å². The van der Waals surface area contributed by atoms with Gasteiger partial charge in [0.2, 0.25) is 0 Å². The van der Waals surface area contributed by atoms with Crippen molar-refractivity contribution in [3.63, 3.8) is 0 Å². The average molecular weight is 594 g/mol.